The number of nitrogens with zero attached hydrogens (tertiary/aromatic N) is 2. The Morgan fingerprint density at radius 3 is 2.76 bits per heavy atom. The SMILES string of the molecule is C=CCn1c(C(=O)OC)c2c(c(O)c1=O)C(=O)N(Cc1ccc(F)c(Cl)c1)CC2. The lowest BCUT2D eigenvalue weighted by Gasteiger charge is -2.30. The number of hydrogen-bond acceptors (Lipinski definition) is 5. The Balaban J connectivity index is 2.08. The zero-order valence-electron chi connectivity index (χ0n) is 15.6. The van der Waals surface area contributed by atoms with Crippen molar-refractivity contribution in [1.29, 1.82) is 0 Å². The lowest BCUT2D eigenvalue weighted by molar-refractivity contribution is 0.0583. The highest BCUT2D eigenvalue weighted by Crippen LogP contribution is 2.29. The number of carbonyl (C=O) groups is 2. The fraction of sp³-hybridized carbons (Fsp3) is 0.250. The van der Waals surface area contributed by atoms with Crippen LogP contribution in [0.25, 0.3) is 0 Å². The number of fused-ring (bicyclic) bond motifs is 1. The molecule has 0 bridgehead atoms. The van der Waals surface area contributed by atoms with Crippen LogP contribution in [0.4, 0.5) is 4.39 Å². The van der Waals surface area contributed by atoms with E-state index in [9.17, 15) is 23.9 Å². The molecular weight excluding hydrogens is 403 g/mol. The van der Waals surface area contributed by atoms with E-state index in [2.05, 4.69) is 6.58 Å². The summed E-state index contributed by atoms with van der Waals surface area (Å²) in [6, 6.07) is 4.09. The average molecular weight is 421 g/mol. The minimum absolute atomic E-state index is 0.0317. The van der Waals surface area contributed by atoms with Crippen LogP contribution in [0.1, 0.15) is 32.0 Å². The summed E-state index contributed by atoms with van der Waals surface area (Å²) in [5.41, 5.74) is -0.364. The van der Waals surface area contributed by atoms with E-state index < -0.39 is 29.0 Å². The Morgan fingerprint density at radius 1 is 1.41 bits per heavy atom. The van der Waals surface area contributed by atoms with Crippen LogP contribution in [-0.4, -0.2) is 40.1 Å². The third-order valence-corrected chi connectivity index (χ3v) is 5.01. The summed E-state index contributed by atoms with van der Waals surface area (Å²) in [4.78, 5) is 39.3. The average Bonchev–Trinajstić information content (AvgIpc) is 2.70. The number of aromatic nitrogens is 1. The Morgan fingerprint density at radius 2 is 2.14 bits per heavy atom. The molecule has 0 atom stereocenters. The molecule has 29 heavy (non-hydrogen) atoms. The zero-order valence-corrected chi connectivity index (χ0v) is 16.3. The van der Waals surface area contributed by atoms with Gasteiger partial charge in [0.1, 0.15) is 11.5 Å². The summed E-state index contributed by atoms with van der Waals surface area (Å²) in [5, 5.41) is 10.4. The van der Waals surface area contributed by atoms with Crippen molar-refractivity contribution in [3.63, 3.8) is 0 Å². The highest BCUT2D eigenvalue weighted by Gasteiger charge is 2.35. The number of aromatic hydroxyl groups is 1. The van der Waals surface area contributed by atoms with E-state index in [1.165, 1.54) is 36.3 Å². The maximum atomic E-state index is 13.4. The molecule has 7 nitrogen and oxygen atoms in total. The quantitative estimate of drug-likeness (QED) is 0.593. The van der Waals surface area contributed by atoms with Crippen LogP contribution in [0, 0.1) is 5.82 Å². The van der Waals surface area contributed by atoms with Crippen molar-refractivity contribution in [3.8, 4) is 5.75 Å². The molecule has 1 aliphatic heterocycles. The lowest BCUT2D eigenvalue weighted by Crippen LogP contribution is -2.41. The molecule has 2 aromatic rings. The second-order valence-electron chi connectivity index (χ2n) is 6.47. The van der Waals surface area contributed by atoms with Gasteiger partial charge in [0, 0.05) is 25.2 Å². The smallest absolute Gasteiger partial charge is 0.355 e. The van der Waals surface area contributed by atoms with E-state index in [1.54, 1.807) is 0 Å². The molecule has 0 saturated carbocycles. The number of allylic oxidation sites excluding steroid dienone is 1. The van der Waals surface area contributed by atoms with Gasteiger partial charge in [-0.3, -0.25) is 14.2 Å². The molecule has 1 N–H and O–H groups in total. The summed E-state index contributed by atoms with van der Waals surface area (Å²) in [5.74, 6) is -2.71. The number of benzene rings is 1. The number of methoxy groups -OCH3 is 1. The second-order valence-corrected chi connectivity index (χ2v) is 6.88. The number of esters is 1. The van der Waals surface area contributed by atoms with Crippen LogP contribution >= 0.6 is 11.6 Å². The zero-order chi connectivity index (χ0) is 21.3. The van der Waals surface area contributed by atoms with Crippen LogP contribution in [0.5, 0.6) is 5.75 Å². The molecule has 9 heteroatoms. The molecule has 1 amide bonds. The van der Waals surface area contributed by atoms with Crippen molar-refractivity contribution in [2.45, 2.75) is 19.5 Å². The number of hydrogen-bond donors (Lipinski definition) is 1. The maximum absolute atomic E-state index is 13.4. The monoisotopic (exact) mass is 420 g/mol. The number of pyridine rings is 1. The van der Waals surface area contributed by atoms with Gasteiger partial charge in [-0.1, -0.05) is 23.7 Å². The normalized spacial score (nSPS) is 13.2. The third kappa shape index (κ3) is 3.63. The van der Waals surface area contributed by atoms with E-state index >= 15 is 0 Å². The first-order valence-electron chi connectivity index (χ1n) is 8.71. The first-order valence-corrected chi connectivity index (χ1v) is 9.09. The molecule has 1 aromatic carbocycles. The summed E-state index contributed by atoms with van der Waals surface area (Å²) < 4.78 is 19.2. The van der Waals surface area contributed by atoms with E-state index in [0.717, 1.165) is 4.57 Å². The second kappa shape index (κ2) is 8.08. The van der Waals surface area contributed by atoms with E-state index in [4.69, 9.17) is 16.3 Å². The van der Waals surface area contributed by atoms with Gasteiger partial charge in [-0.2, -0.15) is 0 Å². The van der Waals surface area contributed by atoms with Crippen LogP contribution < -0.4 is 5.56 Å². The van der Waals surface area contributed by atoms with Gasteiger partial charge in [0.2, 0.25) is 0 Å². The van der Waals surface area contributed by atoms with E-state index in [-0.39, 0.29) is 47.9 Å². The summed E-state index contributed by atoms with van der Waals surface area (Å²) in [7, 11) is 1.17. The van der Waals surface area contributed by atoms with Crippen molar-refractivity contribution in [1.82, 2.24) is 9.47 Å². The lowest BCUT2D eigenvalue weighted by atomic mass is 9.95. The minimum atomic E-state index is -0.885. The van der Waals surface area contributed by atoms with Crippen molar-refractivity contribution in [2.75, 3.05) is 13.7 Å². The van der Waals surface area contributed by atoms with Gasteiger partial charge in [-0.05, 0) is 24.1 Å². The van der Waals surface area contributed by atoms with Crippen LogP contribution in [0.15, 0.2) is 35.6 Å². The number of rotatable bonds is 5. The first kappa shape index (κ1) is 20.6. The molecule has 3 rings (SSSR count). The van der Waals surface area contributed by atoms with E-state index in [0.29, 0.717) is 5.56 Å². The van der Waals surface area contributed by atoms with Gasteiger partial charge in [-0.25, -0.2) is 9.18 Å². The Kier molecular flexibility index (Phi) is 5.74. The van der Waals surface area contributed by atoms with Crippen LogP contribution in [0.2, 0.25) is 5.02 Å². The summed E-state index contributed by atoms with van der Waals surface area (Å²) in [6.07, 6.45) is 1.61. The first-order chi connectivity index (χ1) is 13.8. The summed E-state index contributed by atoms with van der Waals surface area (Å²) in [6.45, 7) is 3.83. The topological polar surface area (TPSA) is 88.8 Å². The van der Waals surface area contributed by atoms with Crippen LogP contribution in [-0.2, 0) is 24.2 Å². The number of carbonyl (C=O) groups excluding carboxylic acids is 2. The molecule has 0 aliphatic carbocycles. The molecule has 2 heterocycles. The van der Waals surface area contributed by atoms with Crippen LogP contribution in [0.3, 0.4) is 0 Å². The van der Waals surface area contributed by atoms with Crippen molar-refractivity contribution < 1.29 is 23.8 Å². The minimum Gasteiger partial charge on any atom is -0.502 e. The third-order valence-electron chi connectivity index (χ3n) is 4.72. The van der Waals surface area contributed by atoms with Gasteiger partial charge < -0.3 is 14.7 Å². The molecule has 0 unspecified atom stereocenters. The molecule has 0 radical (unpaired) electrons. The number of ether oxygens (including phenoxy) is 1. The predicted molar refractivity (Wildman–Crippen MR) is 104 cm³/mol. The van der Waals surface area contributed by atoms with Gasteiger partial charge in [0.15, 0.2) is 5.75 Å². The highest BCUT2D eigenvalue weighted by atomic mass is 35.5. The predicted octanol–water partition coefficient (Wildman–Crippen LogP) is 2.52. The molecule has 0 spiro atoms. The standard InChI is InChI=1S/C20H18ClFN2O5/c1-3-7-24-16(20(28)29-2)12-6-8-23(18(26)15(12)17(25)19(24)27)10-11-4-5-14(22)13(21)9-11/h3-5,9,25H,1,6-8,10H2,2H3. The van der Waals surface area contributed by atoms with Gasteiger partial charge in [-0.15, -0.1) is 6.58 Å². The molecular formula is C20H18ClFN2O5. The van der Waals surface area contributed by atoms with Crippen molar-refractivity contribution >= 4 is 23.5 Å². The Hall–Kier alpha value is -3.13. The van der Waals surface area contributed by atoms with Gasteiger partial charge in [0.05, 0.1) is 17.7 Å². The molecule has 152 valence electrons. The molecule has 1 aliphatic rings. The molecule has 0 saturated heterocycles. The van der Waals surface area contributed by atoms with Crippen molar-refractivity contribution in [2.24, 2.45) is 0 Å². The van der Waals surface area contributed by atoms with Gasteiger partial charge in [0.25, 0.3) is 11.5 Å². The van der Waals surface area contributed by atoms with Gasteiger partial charge >= 0.3 is 5.97 Å². The summed E-state index contributed by atoms with van der Waals surface area (Å²) >= 11 is 5.79. The van der Waals surface area contributed by atoms with Crippen molar-refractivity contribution in [3.05, 3.63) is 74.4 Å². The number of halogens is 2. The van der Waals surface area contributed by atoms with E-state index in [1.807, 2.05) is 0 Å². The maximum Gasteiger partial charge on any atom is 0.355 e. The molecule has 0 fully saturated rings. The largest absolute Gasteiger partial charge is 0.502 e. The molecule has 1 aromatic heterocycles. The fourth-order valence-electron chi connectivity index (χ4n) is 3.38. The Bertz CT molecular complexity index is 1080. The number of amides is 1. The highest BCUT2D eigenvalue weighted by molar-refractivity contribution is 6.30. The Labute approximate surface area is 170 Å². The fourth-order valence-corrected chi connectivity index (χ4v) is 3.59.